The standard InChI is InChI=1S/C18H20N2O.ClH/c1-13(14-5-3-2-4-6-14)18(21)20-17-8-7-15-9-10-19-12-16(15)11-17;/h2-8,11,13,19H,9-10,12H2,1H3,(H,20,21);1H. The zero-order valence-electron chi connectivity index (χ0n) is 12.6. The summed E-state index contributed by atoms with van der Waals surface area (Å²) in [6.45, 7) is 3.85. The summed E-state index contributed by atoms with van der Waals surface area (Å²) in [7, 11) is 0. The highest BCUT2D eigenvalue weighted by atomic mass is 35.5. The van der Waals surface area contributed by atoms with Crippen molar-refractivity contribution in [2.75, 3.05) is 11.9 Å². The minimum Gasteiger partial charge on any atom is -0.326 e. The van der Waals surface area contributed by atoms with Gasteiger partial charge in [-0.25, -0.2) is 0 Å². The van der Waals surface area contributed by atoms with Crippen molar-refractivity contribution in [3.05, 3.63) is 65.2 Å². The number of hydrogen-bond donors (Lipinski definition) is 2. The van der Waals surface area contributed by atoms with Crippen molar-refractivity contribution in [3.63, 3.8) is 0 Å². The molecule has 0 saturated carbocycles. The van der Waals surface area contributed by atoms with E-state index in [2.05, 4.69) is 22.8 Å². The molecule has 0 radical (unpaired) electrons. The average molecular weight is 317 g/mol. The van der Waals surface area contributed by atoms with Crippen molar-refractivity contribution in [3.8, 4) is 0 Å². The van der Waals surface area contributed by atoms with Crippen molar-refractivity contribution in [2.24, 2.45) is 0 Å². The highest BCUT2D eigenvalue weighted by molar-refractivity contribution is 5.95. The minimum absolute atomic E-state index is 0. The lowest BCUT2D eigenvalue weighted by atomic mass is 9.99. The summed E-state index contributed by atoms with van der Waals surface area (Å²) in [5, 5.41) is 6.38. The molecule has 2 N–H and O–H groups in total. The molecule has 116 valence electrons. The third-order valence-electron chi connectivity index (χ3n) is 4.05. The third-order valence-corrected chi connectivity index (χ3v) is 4.05. The van der Waals surface area contributed by atoms with E-state index in [1.165, 1.54) is 11.1 Å². The number of benzene rings is 2. The van der Waals surface area contributed by atoms with Gasteiger partial charge in [-0.3, -0.25) is 4.79 Å². The van der Waals surface area contributed by atoms with Crippen molar-refractivity contribution >= 4 is 24.0 Å². The van der Waals surface area contributed by atoms with Crippen LogP contribution in [0, 0.1) is 0 Å². The van der Waals surface area contributed by atoms with Gasteiger partial charge in [-0.05, 0) is 48.7 Å². The molecule has 0 fully saturated rings. The third kappa shape index (κ3) is 3.67. The molecular formula is C18H21ClN2O. The maximum atomic E-state index is 12.4. The molecule has 1 aliphatic rings. The Hall–Kier alpha value is -1.84. The summed E-state index contributed by atoms with van der Waals surface area (Å²) in [5.41, 5.74) is 4.58. The second-order valence-corrected chi connectivity index (χ2v) is 5.53. The highest BCUT2D eigenvalue weighted by Gasteiger charge is 2.16. The molecule has 1 amide bonds. The van der Waals surface area contributed by atoms with Gasteiger partial charge in [0.1, 0.15) is 0 Å². The number of rotatable bonds is 3. The molecule has 0 aromatic heterocycles. The summed E-state index contributed by atoms with van der Waals surface area (Å²) in [6.07, 6.45) is 1.06. The first-order valence-electron chi connectivity index (χ1n) is 7.42. The number of fused-ring (bicyclic) bond motifs is 1. The van der Waals surface area contributed by atoms with Crippen LogP contribution in [0.15, 0.2) is 48.5 Å². The Morgan fingerprint density at radius 1 is 1.14 bits per heavy atom. The van der Waals surface area contributed by atoms with Gasteiger partial charge in [-0.1, -0.05) is 36.4 Å². The summed E-state index contributed by atoms with van der Waals surface area (Å²) >= 11 is 0. The van der Waals surface area contributed by atoms with Crippen molar-refractivity contribution < 1.29 is 4.79 Å². The average Bonchev–Trinajstić information content (AvgIpc) is 2.55. The lowest BCUT2D eigenvalue weighted by Crippen LogP contribution is -2.24. The maximum absolute atomic E-state index is 12.4. The van der Waals surface area contributed by atoms with Gasteiger partial charge in [0.15, 0.2) is 0 Å². The Bertz CT molecular complexity index is 643. The number of hydrogen-bond acceptors (Lipinski definition) is 2. The fraction of sp³-hybridized carbons (Fsp3) is 0.278. The Morgan fingerprint density at radius 3 is 2.68 bits per heavy atom. The largest absolute Gasteiger partial charge is 0.326 e. The molecule has 1 heterocycles. The van der Waals surface area contributed by atoms with Gasteiger partial charge >= 0.3 is 0 Å². The molecule has 1 atom stereocenters. The van der Waals surface area contributed by atoms with Gasteiger partial charge in [0.05, 0.1) is 5.92 Å². The van der Waals surface area contributed by atoms with Crippen LogP contribution in [0.3, 0.4) is 0 Å². The normalized spacial score (nSPS) is 14.4. The fourth-order valence-electron chi connectivity index (χ4n) is 2.70. The van der Waals surface area contributed by atoms with Crippen LogP contribution >= 0.6 is 12.4 Å². The first kappa shape index (κ1) is 16.5. The van der Waals surface area contributed by atoms with Crippen LogP contribution < -0.4 is 10.6 Å². The predicted octanol–water partition coefficient (Wildman–Crippen LogP) is 3.50. The Morgan fingerprint density at radius 2 is 1.91 bits per heavy atom. The van der Waals surface area contributed by atoms with Crippen LogP contribution in [0.2, 0.25) is 0 Å². The predicted molar refractivity (Wildman–Crippen MR) is 92.6 cm³/mol. The lowest BCUT2D eigenvalue weighted by molar-refractivity contribution is -0.117. The molecule has 3 rings (SSSR count). The zero-order valence-corrected chi connectivity index (χ0v) is 13.5. The molecule has 1 aliphatic heterocycles. The van der Waals surface area contributed by atoms with Crippen LogP contribution in [0.4, 0.5) is 5.69 Å². The van der Waals surface area contributed by atoms with Gasteiger partial charge < -0.3 is 10.6 Å². The van der Waals surface area contributed by atoms with Crippen LogP contribution in [-0.4, -0.2) is 12.5 Å². The fourth-order valence-corrected chi connectivity index (χ4v) is 2.70. The van der Waals surface area contributed by atoms with E-state index in [9.17, 15) is 4.79 Å². The molecule has 22 heavy (non-hydrogen) atoms. The van der Waals surface area contributed by atoms with Crippen LogP contribution in [0.25, 0.3) is 0 Å². The van der Waals surface area contributed by atoms with Crippen molar-refractivity contribution in [1.82, 2.24) is 5.32 Å². The molecule has 2 aromatic carbocycles. The number of carbonyl (C=O) groups is 1. The van der Waals surface area contributed by atoms with Gasteiger partial charge in [0.2, 0.25) is 5.91 Å². The first-order chi connectivity index (χ1) is 10.2. The molecule has 0 bridgehead atoms. The number of amides is 1. The quantitative estimate of drug-likeness (QED) is 0.910. The van der Waals surface area contributed by atoms with Gasteiger partial charge in [0, 0.05) is 12.2 Å². The van der Waals surface area contributed by atoms with E-state index in [4.69, 9.17) is 0 Å². The monoisotopic (exact) mass is 316 g/mol. The molecule has 0 saturated heterocycles. The molecule has 0 aliphatic carbocycles. The van der Waals surface area contributed by atoms with Gasteiger partial charge in [0.25, 0.3) is 0 Å². The molecule has 1 unspecified atom stereocenters. The Balaban J connectivity index is 0.00000176. The molecule has 0 spiro atoms. The molecule has 4 heteroatoms. The minimum atomic E-state index is -0.152. The molecular weight excluding hydrogens is 296 g/mol. The van der Waals surface area contributed by atoms with Crippen LogP contribution in [0.1, 0.15) is 29.5 Å². The van der Waals surface area contributed by atoms with E-state index >= 15 is 0 Å². The second kappa shape index (κ2) is 7.43. The van der Waals surface area contributed by atoms with Crippen LogP contribution in [0.5, 0.6) is 0 Å². The van der Waals surface area contributed by atoms with E-state index in [0.717, 1.165) is 30.8 Å². The highest BCUT2D eigenvalue weighted by Crippen LogP contribution is 2.21. The number of anilines is 1. The SMILES string of the molecule is CC(C(=O)Nc1ccc2c(c1)CNCC2)c1ccccc1.Cl. The second-order valence-electron chi connectivity index (χ2n) is 5.53. The Kier molecular flexibility index (Phi) is 5.58. The van der Waals surface area contributed by atoms with E-state index in [-0.39, 0.29) is 24.2 Å². The maximum Gasteiger partial charge on any atom is 0.231 e. The summed E-state index contributed by atoms with van der Waals surface area (Å²) < 4.78 is 0. The molecule has 3 nitrogen and oxygen atoms in total. The first-order valence-corrected chi connectivity index (χ1v) is 7.42. The van der Waals surface area contributed by atoms with Crippen molar-refractivity contribution in [2.45, 2.75) is 25.8 Å². The van der Waals surface area contributed by atoms with Crippen LogP contribution in [-0.2, 0) is 17.8 Å². The van der Waals surface area contributed by atoms with E-state index in [0.29, 0.717) is 0 Å². The summed E-state index contributed by atoms with van der Waals surface area (Å²) in [5.74, 6) is -0.120. The number of nitrogens with one attached hydrogen (secondary N) is 2. The van der Waals surface area contributed by atoms with E-state index in [1.807, 2.05) is 43.3 Å². The van der Waals surface area contributed by atoms with Gasteiger partial charge in [-0.2, -0.15) is 0 Å². The zero-order chi connectivity index (χ0) is 14.7. The van der Waals surface area contributed by atoms with E-state index < -0.39 is 0 Å². The molecule has 2 aromatic rings. The summed E-state index contributed by atoms with van der Waals surface area (Å²) in [4.78, 5) is 12.4. The van der Waals surface area contributed by atoms with E-state index in [1.54, 1.807) is 0 Å². The number of halogens is 1. The lowest BCUT2D eigenvalue weighted by Gasteiger charge is -2.19. The number of carbonyl (C=O) groups excluding carboxylic acids is 1. The van der Waals surface area contributed by atoms with Crippen molar-refractivity contribution in [1.29, 1.82) is 0 Å². The Labute approximate surface area is 137 Å². The van der Waals surface area contributed by atoms with Gasteiger partial charge in [-0.15, -0.1) is 12.4 Å². The topological polar surface area (TPSA) is 41.1 Å². The smallest absolute Gasteiger partial charge is 0.231 e. The summed E-state index contributed by atoms with van der Waals surface area (Å²) in [6, 6.07) is 16.1.